The SMILES string of the molecule is COc1ccc(-c2noc(CCC(=O)NCCc3ccc(-c4csc(C)n4)cc3)n2)cc1OC. The Hall–Kier alpha value is -3.72. The molecular formula is C25H26N4O4S. The average Bonchev–Trinajstić information content (AvgIpc) is 3.52. The van der Waals surface area contributed by atoms with Gasteiger partial charge in [-0.15, -0.1) is 11.3 Å². The van der Waals surface area contributed by atoms with Crippen LogP contribution in [0.15, 0.2) is 52.4 Å². The van der Waals surface area contributed by atoms with Gasteiger partial charge in [-0.3, -0.25) is 4.79 Å². The van der Waals surface area contributed by atoms with Crippen LogP contribution in [0, 0.1) is 6.92 Å². The van der Waals surface area contributed by atoms with Crippen molar-refractivity contribution in [3.8, 4) is 34.1 Å². The maximum Gasteiger partial charge on any atom is 0.227 e. The van der Waals surface area contributed by atoms with Crippen molar-refractivity contribution in [2.24, 2.45) is 0 Å². The van der Waals surface area contributed by atoms with Crippen LogP contribution in [-0.4, -0.2) is 41.8 Å². The van der Waals surface area contributed by atoms with Gasteiger partial charge < -0.3 is 19.3 Å². The first-order valence-corrected chi connectivity index (χ1v) is 11.8. The third-order valence-corrected chi connectivity index (χ3v) is 6.05. The quantitative estimate of drug-likeness (QED) is 0.359. The zero-order valence-corrected chi connectivity index (χ0v) is 20.1. The number of carbonyl (C=O) groups is 1. The fourth-order valence-corrected chi connectivity index (χ4v) is 4.06. The number of nitrogens with one attached hydrogen (secondary N) is 1. The first kappa shape index (κ1) is 23.4. The number of ether oxygens (including phenoxy) is 2. The van der Waals surface area contributed by atoms with Crippen LogP contribution in [-0.2, 0) is 17.6 Å². The standard InChI is InChI=1S/C25H26N4O4S/c1-16-27-20(15-34-16)18-6-4-17(5-7-18)12-13-26-23(30)10-11-24-28-25(29-33-24)19-8-9-21(31-2)22(14-19)32-3/h4-9,14-15H,10-13H2,1-3H3,(H,26,30). The van der Waals surface area contributed by atoms with Gasteiger partial charge in [-0.1, -0.05) is 29.4 Å². The minimum atomic E-state index is -0.0552. The summed E-state index contributed by atoms with van der Waals surface area (Å²) in [4.78, 5) is 21.1. The molecule has 0 aliphatic heterocycles. The predicted molar refractivity (Wildman–Crippen MR) is 130 cm³/mol. The van der Waals surface area contributed by atoms with E-state index in [9.17, 15) is 4.79 Å². The number of rotatable bonds is 10. The zero-order chi connectivity index (χ0) is 23.9. The van der Waals surface area contributed by atoms with Crippen molar-refractivity contribution in [3.63, 3.8) is 0 Å². The molecule has 0 aliphatic rings. The number of hydrogen-bond donors (Lipinski definition) is 1. The predicted octanol–water partition coefficient (Wildman–Crippen LogP) is 4.48. The van der Waals surface area contributed by atoms with Crippen molar-refractivity contribution in [2.45, 2.75) is 26.2 Å². The van der Waals surface area contributed by atoms with Crippen molar-refractivity contribution in [3.05, 3.63) is 64.3 Å². The molecule has 8 nitrogen and oxygen atoms in total. The van der Waals surface area contributed by atoms with E-state index in [0.29, 0.717) is 36.2 Å². The maximum absolute atomic E-state index is 12.2. The van der Waals surface area contributed by atoms with Gasteiger partial charge in [0.15, 0.2) is 11.5 Å². The normalized spacial score (nSPS) is 10.8. The molecular weight excluding hydrogens is 452 g/mol. The van der Waals surface area contributed by atoms with Gasteiger partial charge in [-0.05, 0) is 37.1 Å². The Morgan fingerprint density at radius 3 is 2.47 bits per heavy atom. The molecule has 1 amide bonds. The smallest absolute Gasteiger partial charge is 0.227 e. The van der Waals surface area contributed by atoms with Gasteiger partial charge in [-0.2, -0.15) is 4.98 Å². The number of thiazole rings is 1. The molecule has 0 saturated carbocycles. The summed E-state index contributed by atoms with van der Waals surface area (Å²) in [7, 11) is 3.15. The van der Waals surface area contributed by atoms with Crippen LogP contribution in [0.2, 0.25) is 0 Å². The molecule has 176 valence electrons. The highest BCUT2D eigenvalue weighted by Crippen LogP contribution is 2.31. The number of methoxy groups -OCH3 is 2. The molecule has 0 radical (unpaired) electrons. The number of aryl methyl sites for hydroxylation is 2. The van der Waals surface area contributed by atoms with Crippen molar-refractivity contribution < 1.29 is 18.8 Å². The Kier molecular flexibility index (Phi) is 7.54. The molecule has 0 spiro atoms. The summed E-state index contributed by atoms with van der Waals surface area (Å²) in [5, 5.41) is 10.1. The molecule has 2 aromatic heterocycles. The third kappa shape index (κ3) is 5.79. The van der Waals surface area contributed by atoms with E-state index in [4.69, 9.17) is 14.0 Å². The Bertz CT molecular complexity index is 1250. The van der Waals surface area contributed by atoms with Crippen LogP contribution in [0.3, 0.4) is 0 Å². The first-order valence-electron chi connectivity index (χ1n) is 10.9. The second-order valence-electron chi connectivity index (χ2n) is 7.63. The molecule has 0 unspecified atom stereocenters. The van der Waals surface area contributed by atoms with E-state index in [1.54, 1.807) is 37.7 Å². The van der Waals surface area contributed by atoms with Gasteiger partial charge in [0.05, 0.1) is 24.9 Å². The topological polar surface area (TPSA) is 99.4 Å². The molecule has 0 saturated heterocycles. The van der Waals surface area contributed by atoms with Crippen LogP contribution in [0.5, 0.6) is 11.5 Å². The monoisotopic (exact) mass is 478 g/mol. The van der Waals surface area contributed by atoms with Crippen LogP contribution in [0.1, 0.15) is 22.9 Å². The van der Waals surface area contributed by atoms with Crippen LogP contribution in [0.4, 0.5) is 0 Å². The highest BCUT2D eigenvalue weighted by Gasteiger charge is 2.13. The Labute approximate surface area is 202 Å². The lowest BCUT2D eigenvalue weighted by molar-refractivity contribution is -0.121. The lowest BCUT2D eigenvalue weighted by Gasteiger charge is -2.07. The highest BCUT2D eigenvalue weighted by atomic mass is 32.1. The fourth-order valence-electron chi connectivity index (χ4n) is 3.44. The summed E-state index contributed by atoms with van der Waals surface area (Å²) in [5.41, 5.74) is 4.00. The van der Waals surface area contributed by atoms with Crippen molar-refractivity contribution in [1.82, 2.24) is 20.4 Å². The Morgan fingerprint density at radius 2 is 1.76 bits per heavy atom. The number of amides is 1. The Balaban J connectivity index is 1.23. The molecule has 2 aromatic carbocycles. The molecule has 34 heavy (non-hydrogen) atoms. The van der Waals surface area contributed by atoms with Gasteiger partial charge in [-0.25, -0.2) is 4.98 Å². The minimum absolute atomic E-state index is 0.0552. The summed E-state index contributed by atoms with van der Waals surface area (Å²) in [6.45, 7) is 2.57. The average molecular weight is 479 g/mol. The summed E-state index contributed by atoms with van der Waals surface area (Å²) in [5.74, 6) is 2.00. The van der Waals surface area contributed by atoms with Crippen LogP contribution < -0.4 is 14.8 Å². The molecule has 1 N–H and O–H groups in total. The molecule has 2 heterocycles. The summed E-state index contributed by atoms with van der Waals surface area (Å²) in [6.07, 6.45) is 1.40. The van der Waals surface area contributed by atoms with E-state index in [1.807, 2.05) is 13.0 Å². The number of benzene rings is 2. The Morgan fingerprint density at radius 1 is 1.00 bits per heavy atom. The number of aromatic nitrogens is 3. The maximum atomic E-state index is 12.2. The van der Waals surface area contributed by atoms with E-state index < -0.39 is 0 Å². The molecule has 9 heteroatoms. The minimum Gasteiger partial charge on any atom is -0.493 e. The second-order valence-corrected chi connectivity index (χ2v) is 8.69. The van der Waals surface area contributed by atoms with Gasteiger partial charge in [0.1, 0.15) is 0 Å². The van der Waals surface area contributed by atoms with Crippen LogP contribution in [0.25, 0.3) is 22.6 Å². The third-order valence-electron chi connectivity index (χ3n) is 5.28. The molecule has 4 rings (SSSR count). The highest BCUT2D eigenvalue weighted by molar-refractivity contribution is 7.09. The van der Waals surface area contributed by atoms with Gasteiger partial charge in [0.25, 0.3) is 0 Å². The van der Waals surface area contributed by atoms with E-state index in [1.165, 1.54) is 0 Å². The van der Waals surface area contributed by atoms with Crippen molar-refractivity contribution >= 4 is 17.2 Å². The molecule has 4 aromatic rings. The largest absolute Gasteiger partial charge is 0.493 e. The molecule has 0 bridgehead atoms. The van der Waals surface area contributed by atoms with Gasteiger partial charge >= 0.3 is 0 Å². The summed E-state index contributed by atoms with van der Waals surface area (Å²) in [6, 6.07) is 13.7. The molecule has 0 fully saturated rings. The summed E-state index contributed by atoms with van der Waals surface area (Å²) < 4.78 is 15.9. The summed E-state index contributed by atoms with van der Waals surface area (Å²) >= 11 is 1.64. The fraction of sp³-hybridized carbons (Fsp3) is 0.280. The van der Waals surface area contributed by atoms with Gasteiger partial charge in [0, 0.05) is 35.9 Å². The van der Waals surface area contributed by atoms with E-state index in [2.05, 4.69) is 50.1 Å². The zero-order valence-electron chi connectivity index (χ0n) is 19.3. The van der Waals surface area contributed by atoms with E-state index in [0.717, 1.165) is 33.8 Å². The lowest BCUT2D eigenvalue weighted by Crippen LogP contribution is -2.25. The lowest BCUT2D eigenvalue weighted by atomic mass is 10.1. The number of carbonyl (C=O) groups excluding carboxylic acids is 1. The van der Waals surface area contributed by atoms with Crippen molar-refractivity contribution in [2.75, 3.05) is 20.8 Å². The van der Waals surface area contributed by atoms with Gasteiger partial charge in [0.2, 0.25) is 17.6 Å². The second kappa shape index (κ2) is 10.9. The van der Waals surface area contributed by atoms with E-state index >= 15 is 0 Å². The molecule has 0 aliphatic carbocycles. The van der Waals surface area contributed by atoms with Crippen LogP contribution >= 0.6 is 11.3 Å². The molecule has 0 atom stereocenters. The number of hydrogen-bond acceptors (Lipinski definition) is 8. The first-order chi connectivity index (χ1) is 16.6. The van der Waals surface area contributed by atoms with Crippen molar-refractivity contribution in [1.29, 1.82) is 0 Å². The number of nitrogens with zero attached hydrogens (tertiary/aromatic N) is 3. The van der Waals surface area contributed by atoms with E-state index in [-0.39, 0.29) is 12.3 Å².